The van der Waals surface area contributed by atoms with E-state index in [0.717, 1.165) is 16.5 Å². The van der Waals surface area contributed by atoms with Crippen LogP contribution in [0.5, 0.6) is 0 Å². The van der Waals surface area contributed by atoms with Gasteiger partial charge in [-0.05, 0) is 48.7 Å². The second-order valence-electron chi connectivity index (χ2n) is 8.07. The van der Waals surface area contributed by atoms with Gasteiger partial charge in [0.25, 0.3) is 11.8 Å². The van der Waals surface area contributed by atoms with Gasteiger partial charge in [-0.3, -0.25) is 14.6 Å². The maximum absolute atomic E-state index is 13.3. The third kappa shape index (κ3) is 5.26. The highest BCUT2D eigenvalue weighted by molar-refractivity contribution is 5.95. The number of aryl methyl sites for hydroxylation is 1. The van der Waals surface area contributed by atoms with Crippen molar-refractivity contribution in [3.8, 4) is 0 Å². The van der Waals surface area contributed by atoms with E-state index in [9.17, 15) is 9.59 Å². The smallest absolute Gasteiger partial charge is 0.272 e. The summed E-state index contributed by atoms with van der Waals surface area (Å²) in [5, 5.41) is 3.87. The summed E-state index contributed by atoms with van der Waals surface area (Å²) in [5.74, 6) is -0.275. The van der Waals surface area contributed by atoms with Crippen LogP contribution >= 0.6 is 0 Å². The van der Waals surface area contributed by atoms with E-state index in [2.05, 4.69) is 27.4 Å². The van der Waals surface area contributed by atoms with Crippen LogP contribution in [-0.2, 0) is 13.5 Å². The van der Waals surface area contributed by atoms with Crippen LogP contribution in [0, 0.1) is 0 Å². The topological polar surface area (TPSA) is 80.1 Å². The van der Waals surface area contributed by atoms with Crippen LogP contribution in [0.2, 0.25) is 0 Å². The first-order valence-electron chi connectivity index (χ1n) is 10.9. The van der Waals surface area contributed by atoms with E-state index in [4.69, 9.17) is 0 Å². The number of fused-ring (bicyclic) bond motifs is 1. The number of hydrogen-bond acceptors (Lipinski definition) is 4. The standard InChI is InChI=1S/C26H27N5O2/c1-30-16-6-9-24(30)25(32)28-15-12-21(17-19-7-4-3-5-8-19)31(2)26(33)23-11-10-20-18-27-14-13-22(20)29-23/h3-11,13-14,16,18,21H,12,15,17H2,1-2H3,(H,28,32). The van der Waals surface area contributed by atoms with Gasteiger partial charge in [-0.15, -0.1) is 0 Å². The minimum atomic E-state index is -0.150. The first-order chi connectivity index (χ1) is 16.0. The van der Waals surface area contributed by atoms with Crippen molar-refractivity contribution in [1.29, 1.82) is 0 Å². The largest absolute Gasteiger partial charge is 0.351 e. The second-order valence-corrected chi connectivity index (χ2v) is 8.07. The average molecular weight is 442 g/mol. The number of carbonyl (C=O) groups is 2. The molecular weight excluding hydrogens is 414 g/mol. The number of rotatable bonds is 8. The molecule has 3 aromatic heterocycles. The summed E-state index contributed by atoms with van der Waals surface area (Å²) in [6.45, 7) is 0.454. The lowest BCUT2D eigenvalue weighted by Gasteiger charge is -2.28. The quantitative estimate of drug-likeness (QED) is 0.454. The van der Waals surface area contributed by atoms with Crippen molar-refractivity contribution in [1.82, 2.24) is 24.8 Å². The average Bonchev–Trinajstić information content (AvgIpc) is 3.28. The van der Waals surface area contributed by atoms with Gasteiger partial charge >= 0.3 is 0 Å². The Kier molecular flexibility index (Phi) is 6.78. The Hall–Kier alpha value is -4.00. The lowest BCUT2D eigenvalue weighted by molar-refractivity contribution is 0.0717. The molecule has 0 saturated carbocycles. The van der Waals surface area contributed by atoms with Crippen molar-refractivity contribution in [3.05, 3.63) is 96.2 Å². The summed E-state index contributed by atoms with van der Waals surface area (Å²) in [7, 11) is 3.64. The van der Waals surface area contributed by atoms with E-state index < -0.39 is 0 Å². The molecule has 4 rings (SSSR count). The van der Waals surface area contributed by atoms with Crippen molar-refractivity contribution < 1.29 is 9.59 Å². The van der Waals surface area contributed by atoms with Gasteiger partial charge in [0, 0.05) is 50.7 Å². The number of pyridine rings is 2. The van der Waals surface area contributed by atoms with Gasteiger partial charge in [0.05, 0.1) is 5.52 Å². The summed E-state index contributed by atoms with van der Waals surface area (Å²) >= 11 is 0. The number of carbonyl (C=O) groups excluding carboxylic acids is 2. The number of nitrogens with one attached hydrogen (secondary N) is 1. The van der Waals surface area contributed by atoms with Crippen LogP contribution < -0.4 is 5.32 Å². The van der Waals surface area contributed by atoms with Gasteiger partial charge < -0.3 is 14.8 Å². The fraction of sp³-hybridized carbons (Fsp3) is 0.231. The first kappa shape index (κ1) is 22.2. The monoisotopic (exact) mass is 441 g/mol. The van der Waals surface area contributed by atoms with Crippen LogP contribution in [0.25, 0.3) is 10.9 Å². The molecule has 0 aliphatic rings. The fourth-order valence-corrected chi connectivity index (χ4v) is 3.89. The van der Waals surface area contributed by atoms with Gasteiger partial charge in [-0.25, -0.2) is 4.98 Å². The number of hydrogen-bond donors (Lipinski definition) is 1. The maximum atomic E-state index is 13.3. The van der Waals surface area contributed by atoms with Crippen LogP contribution in [0.3, 0.4) is 0 Å². The molecule has 7 heteroatoms. The molecule has 1 unspecified atom stereocenters. The molecule has 33 heavy (non-hydrogen) atoms. The summed E-state index contributed by atoms with van der Waals surface area (Å²) in [4.78, 5) is 36.2. The summed E-state index contributed by atoms with van der Waals surface area (Å²) in [6, 6.07) is 19.0. The van der Waals surface area contributed by atoms with Gasteiger partial charge in [-0.1, -0.05) is 30.3 Å². The molecule has 1 aromatic carbocycles. The lowest BCUT2D eigenvalue weighted by Crippen LogP contribution is -2.41. The van der Waals surface area contributed by atoms with Crippen molar-refractivity contribution in [2.24, 2.45) is 7.05 Å². The predicted molar refractivity (Wildman–Crippen MR) is 128 cm³/mol. The number of amides is 2. The lowest BCUT2D eigenvalue weighted by atomic mass is 10.0. The molecule has 0 fully saturated rings. The molecule has 3 heterocycles. The Morgan fingerprint density at radius 2 is 1.88 bits per heavy atom. The van der Waals surface area contributed by atoms with E-state index in [0.29, 0.717) is 30.8 Å². The molecule has 4 aromatic rings. The molecule has 7 nitrogen and oxygen atoms in total. The maximum Gasteiger partial charge on any atom is 0.272 e. The van der Waals surface area contributed by atoms with Crippen LogP contribution in [0.4, 0.5) is 0 Å². The summed E-state index contributed by atoms with van der Waals surface area (Å²) in [6.07, 6.45) is 6.53. The van der Waals surface area contributed by atoms with Crippen molar-refractivity contribution in [2.45, 2.75) is 18.9 Å². The fourth-order valence-electron chi connectivity index (χ4n) is 3.89. The highest BCUT2D eigenvalue weighted by atomic mass is 16.2. The van der Waals surface area contributed by atoms with E-state index >= 15 is 0 Å². The highest BCUT2D eigenvalue weighted by Crippen LogP contribution is 2.16. The molecule has 1 N–H and O–H groups in total. The Balaban J connectivity index is 1.49. The molecule has 0 radical (unpaired) electrons. The Bertz CT molecular complexity index is 1250. The van der Waals surface area contributed by atoms with E-state index in [1.54, 1.807) is 47.1 Å². The Labute approximate surface area is 193 Å². The number of nitrogens with zero attached hydrogens (tertiary/aromatic N) is 4. The van der Waals surface area contributed by atoms with E-state index in [1.165, 1.54) is 0 Å². The minimum Gasteiger partial charge on any atom is -0.351 e. The van der Waals surface area contributed by atoms with E-state index in [1.807, 2.05) is 43.6 Å². The van der Waals surface area contributed by atoms with Gasteiger partial charge in [-0.2, -0.15) is 0 Å². The molecule has 0 spiro atoms. The zero-order valence-electron chi connectivity index (χ0n) is 18.8. The molecule has 168 valence electrons. The number of benzene rings is 1. The third-order valence-electron chi connectivity index (χ3n) is 5.83. The van der Waals surface area contributed by atoms with Gasteiger partial charge in [0.15, 0.2) is 0 Å². The minimum absolute atomic E-state index is 0.108. The Morgan fingerprint density at radius 1 is 1.06 bits per heavy atom. The van der Waals surface area contributed by atoms with Crippen LogP contribution in [-0.4, -0.2) is 50.9 Å². The molecule has 1 atom stereocenters. The van der Waals surface area contributed by atoms with Crippen LogP contribution in [0.15, 0.2) is 79.3 Å². The normalized spacial score (nSPS) is 11.8. The van der Waals surface area contributed by atoms with Crippen molar-refractivity contribution in [2.75, 3.05) is 13.6 Å². The third-order valence-corrected chi connectivity index (χ3v) is 5.83. The molecule has 0 bridgehead atoms. The molecule has 0 aliphatic carbocycles. The second kappa shape index (κ2) is 10.1. The zero-order chi connectivity index (χ0) is 23.2. The SMILES string of the molecule is CN(C(=O)c1ccc2cnccc2n1)C(CCNC(=O)c1cccn1C)Cc1ccccc1. The van der Waals surface area contributed by atoms with E-state index in [-0.39, 0.29) is 17.9 Å². The molecular formula is C26H27N5O2. The first-order valence-corrected chi connectivity index (χ1v) is 10.9. The van der Waals surface area contributed by atoms with Gasteiger partial charge in [0.2, 0.25) is 0 Å². The predicted octanol–water partition coefficient (Wildman–Crippen LogP) is 3.47. The Morgan fingerprint density at radius 3 is 2.64 bits per heavy atom. The molecule has 2 amide bonds. The molecule has 0 aliphatic heterocycles. The highest BCUT2D eigenvalue weighted by Gasteiger charge is 2.23. The summed E-state index contributed by atoms with van der Waals surface area (Å²) < 4.78 is 1.79. The summed E-state index contributed by atoms with van der Waals surface area (Å²) in [5.41, 5.74) is 2.86. The van der Waals surface area contributed by atoms with Crippen molar-refractivity contribution in [3.63, 3.8) is 0 Å². The van der Waals surface area contributed by atoms with Crippen LogP contribution in [0.1, 0.15) is 33.0 Å². The number of likely N-dealkylation sites (N-methyl/N-ethyl adjacent to an activating group) is 1. The molecule has 0 saturated heterocycles. The van der Waals surface area contributed by atoms with Crippen molar-refractivity contribution >= 4 is 22.7 Å². The zero-order valence-corrected chi connectivity index (χ0v) is 18.8. The van der Waals surface area contributed by atoms with Gasteiger partial charge in [0.1, 0.15) is 11.4 Å². The number of aromatic nitrogens is 3.